The van der Waals surface area contributed by atoms with Gasteiger partial charge in [0.25, 0.3) is 0 Å². The van der Waals surface area contributed by atoms with Gasteiger partial charge >= 0.3 is 0 Å². The Hall–Kier alpha value is -3.42. The molecule has 2 aromatic heterocycles. The Morgan fingerprint density at radius 3 is 2.30 bits per heavy atom. The van der Waals surface area contributed by atoms with Crippen LogP contribution in [0.2, 0.25) is 0 Å². The zero-order chi connectivity index (χ0) is 25.4. The third-order valence-corrected chi connectivity index (χ3v) is 8.22. The fourth-order valence-corrected chi connectivity index (χ4v) is 6.11. The molecule has 192 valence electrons. The van der Waals surface area contributed by atoms with Crippen LogP contribution in [0.4, 0.5) is 5.82 Å². The lowest BCUT2D eigenvalue weighted by atomic mass is 9.89. The summed E-state index contributed by atoms with van der Waals surface area (Å²) in [6.07, 6.45) is 8.64. The minimum Gasteiger partial charge on any atom is -0.457 e. The van der Waals surface area contributed by atoms with E-state index >= 15 is 0 Å². The van der Waals surface area contributed by atoms with Gasteiger partial charge < -0.3 is 19.9 Å². The molecule has 3 heterocycles. The van der Waals surface area contributed by atoms with Crippen molar-refractivity contribution in [1.82, 2.24) is 24.3 Å². The van der Waals surface area contributed by atoms with E-state index in [0.717, 1.165) is 52.1 Å². The number of ether oxygens (including phenoxy) is 1. The van der Waals surface area contributed by atoms with Crippen molar-refractivity contribution in [3.8, 4) is 22.6 Å². The van der Waals surface area contributed by atoms with Gasteiger partial charge in [0.2, 0.25) is 0 Å². The maximum absolute atomic E-state index is 6.45. The van der Waals surface area contributed by atoms with Crippen LogP contribution in [-0.2, 0) is 0 Å². The second-order valence-corrected chi connectivity index (χ2v) is 10.6. The number of hydrogen-bond acceptors (Lipinski definition) is 6. The summed E-state index contributed by atoms with van der Waals surface area (Å²) in [6.45, 7) is 6.86. The highest BCUT2D eigenvalue weighted by Crippen LogP contribution is 2.40. The number of nitrogen functional groups attached to an aromatic ring is 1. The first kappa shape index (κ1) is 23.9. The Kier molecular flexibility index (Phi) is 6.57. The van der Waals surface area contributed by atoms with Crippen molar-refractivity contribution in [3.63, 3.8) is 0 Å². The molecule has 1 aliphatic heterocycles. The molecule has 6 rings (SSSR count). The number of rotatable bonds is 5. The van der Waals surface area contributed by atoms with Crippen LogP contribution in [0.25, 0.3) is 22.2 Å². The lowest BCUT2D eigenvalue weighted by Gasteiger charge is -2.41. The largest absolute Gasteiger partial charge is 0.457 e. The van der Waals surface area contributed by atoms with Crippen LogP contribution in [0.1, 0.15) is 37.3 Å². The van der Waals surface area contributed by atoms with Gasteiger partial charge in [-0.1, -0.05) is 24.3 Å². The number of para-hydroxylation sites is 1. The summed E-state index contributed by atoms with van der Waals surface area (Å²) < 4.78 is 8.44. The minimum atomic E-state index is 0.426. The van der Waals surface area contributed by atoms with Gasteiger partial charge in [-0.3, -0.25) is 4.90 Å². The summed E-state index contributed by atoms with van der Waals surface area (Å²) in [6, 6.07) is 17.2. The number of aromatic nitrogens is 3. The number of nitrogens with two attached hydrogens (primary N) is 1. The molecule has 7 heteroatoms. The molecule has 0 radical (unpaired) electrons. The Labute approximate surface area is 218 Å². The first-order valence-electron chi connectivity index (χ1n) is 13.4. The monoisotopic (exact) mass is 496 g/mol. The molecule has 4 aromatic rings. The maximum atomic E-state index is 6.45. The first-order valence-corrected chi connectivity index (χ1v) is 13.4. The first-order chi connectivity index (χ1) is 18.1. The van der Waals surface area contributed by atoms with Crippen LogP contribution in [0.5, 0.6) is 11.5 Å². The molecule has 2 aliphatic rings. The van der Waals surface area contributed by atoms with Gasteiger partial charge in [-0.05, 0) is 75.0 Å². The van der Waals surface area contributed by atoms with E-state index in [-0.39, 0.29) is 0 Å². The van der Waals surface area contributed by atoms with Gasteiger partial charge in [0, 0.05) is 50.0 Å². The second-order valence-electron chi connectivity index (χ2n) is 10.6. The van der Waals surface area contributed by atoms with Crippen LogP contribution < -0.4 is 10.5 Å². The lowest BCUT2D eigenvalue weighted by Crippen LogP contribution is -2.49. The highest BCUT2D eigenvalue weighted by atomic mass is 16.5. The van der Waals surface area contributed by atoms with Gasteiger partial charge in [0.05, 0.1) is 5.39 Å². The van der Waals surface area contributed by atoms with Gasteiger partial charge in [0.1, 0.15) is 29.3 Å². The fraction of sp³-hybridized carbons (Fsp3) is 0.400. The van der Waals surface area contributed by atoms with E-state index in [2.05, 4.69) is 51.7 Å². The molecule has 0 amide bonds. The van der Waals surface area contributed by atoms with Crippen molar-refractivity contribution in [1.29, 1.82) is 0 Å². The van der Waals surface area contributed by atoms with Crippen LogP contribution in [0.15, 0.2) is 61.1 Å². The molecule has 1 saturated heterocycles. The molecule has 1 aliphatic carbocycles. The van der Waals surface area contributed by atoms with Gasteiger partial charge in [-0.15, -0.1) is 0 Å². The molecule has 0 unspecified atom stereocenters. The third-order valence-electron chi connectivity index (χ3n) is 8.22. The summed E-state index contributed by atoms with van der Waals surface area (Å²) in [7, 11) is 2.22. The van der Waals surface area contributed by atoms with Gasteiger partial charge in [0.15, 0.2) is 0 Å². The maximum Gasteiger partial charge on any atom is 0.146 e. The number of piperazine rings is 1. The van der Waals surface area contributed by atoms with E-state index in [9.17, 15) is 0 Å². The highest BCUT2D eigenvalue weighted by Gasteiger charge is 2.30. The predicted molar refractivity (Wildman–Crippen MR) is 149 cm³/mol. The summed E-state index contributed by atoms with van der Waals surface area (Å²) in [5.74, 6) is 2.19. The van der Waals surface area contributed by atoms with E-state index in [0.29, 0.717) is 17.9 Å². The van der Waals surface area contributed by atoms with Crippen LogP contribution in [0.3, 0.4) is 0 Å². The number of nitrogens with zero attached hydrogens (tertiary/aromatic N) is 5. The third kappa shape index (κ3) is 4.81. The molecule has 2 N–H and O–H groups in total. The quantitative estimate of drug-likeness (QED) is 0.393. The molecule has 0 atom stereocenters. The predicted octanol–water partition coefficient (Wildman–Crippen LogP) is 5.51. The van der Waals surface area contributed by atoms with Crippen molar-refractivity contribution in [2.45, 2.75) is 44.7 Å². The summed E-state index contributed by atoms with van der Waals surface area (Å²) in [5, 5.41) is 0.948. The molecule has 1 saturated carbocycles. The van der Waals surface area contributed by atoms with E-state index in [1.165, 1.54) is 39.0 Å². The van der Waals surface area contributed by atoms with Crippen molar-refractivity contribution < 1.29 is 4.74 Å². The van der Waals surface area contributed by atoms with E-state index in [1.54, 1.807) is 6.33 Å². The fourth-order valence-electron chi connectivity index (χ4n) is 6.11. The SMILES string of the molecule is Cc1cc(Oc2ccccc2)ccc1-c1cn([C@H]2CC[C@@H](N3CCN(C)CC3)CC2)c2ncnc(N)c12. The second kappa shape index (κ2) is 10.1. The number of fused-ring (bicyclic) bond motifs is 1. The van der Waals surface area contributed by atoms with E-state index in [4.69, 9.17) is 15.5 Å². The molecular weight excluding hydrogens is 460 g/mol. The molecule has 0 spiro atoms. The minimum absolute atomic E-state index is 0.426. The van der Waals surface area contributed by atoms with Gasteiger partial charge in [-0.2, -0.15) is 0 Å². The lowest BCUT2D eigenvalue weighted by molar-refractivity contribution is 0.0828. The zero-order valence-electron chi connectivity index (χ0n) is 21.8. The Bertz CT molecular complexity index is 1370. The molecular formula is C30H36N6O. The summed E-state index contributed by atoms with van der Waals surface area (Å²) in [5.41, 5.74) is 10.8. The van der Waals surface area contributed by atoms with Crippen LogP contribution in [0, 0.1) is 6.92 Å². The smallest absolute Gasteiger partial charge is 0.146 e. The standard InChI is InChI=1S/C30H36N6O/c1-21-18-25(37-24-6-4-3-5-7-24)12-13-26(21)27-19-36(30-28(27)29(31)32-20-33-30)23-10-8-22(9-11-23)35-16-14-34(2)15-17-35/h3-7,12-13,18-20,22-23H,8-11,14-17H2,1-2H3,(H2,31,32,33)/t22-,23+. The van der Waals surface area contributed by atoms with Crippen molar-refractivity contribution in [2.75, 3.05) is 39.0 Å². The average molecular weight is 497 g/mol. The van der Waals surface area contributed by atoms with Crippen molar-refractivity contribution in [3.05, 3.63) is 66.6 Å². The average Bonchev–Trinajstić information content (AvgIpc) is 3.31. The highest BCUT2D eigenvalue weighted by molar-refractivity contribution is 6.01. The van der Waals surface area contributed by atoms with E-state index < -0.39 is 0 Å². The van der Waals surface area contributed by atoms with Crippen LogP contribution in [-0.4, -0.2) is 63.6 Å². The summed E-state index contributed by atoms with van der Waals surface area (Å²) >= 11 is 0. The van der Waals surface area contributed by atoms with Crippen molar-refractivity contribution in [2.24, 2.45) is 0 Å². The molecule has 37 heavy (non-hydrogen) atoms. The number of hydrogen-bond donors (Lipinski definition) is 1. The molecule has 2 aromatic carbocycles. The van der Waals surface area contributed by atoms with Gasteiger partial charge in [-0.25, -0.2) is 9.97 Å². The zero-order valence-corrected chi connectivity index (χ0v) is 21.8. The Morgan fingerprint density at radius 2 is 1.57 bits per heavy atom. The molecule has 2 fully saturated rings. The van der Waals surface area contributed by atoms with Crippen molar-refractivity contribution >= 4 is 16.9 Å². The van der Waals surface area contributed by atoms with Crippen LogP contribution >= 0.6 is 0 Å². The number of benzene rings is 2. The topological polar surface area (TPSA) is 72.4 Å². The number of aryl methyl sites for hydroxylation is 1. The number of likely N-dealkylation sites (N-methyl/N-ethyl adjacent to an activating group) is 1. The normalized spacial score (nSPS) is 21.4. The molecule has 7 nitrogen and oxygen atoms in total. The number of anilines is 1. The molecule has 0 bridgehead atoms. The Balaban J connectivity index is 1.27. The van der Waals surface area contributed by atoms with E-state index in [1.807, 2.05) is 36.4 Å². The Morgan fingerprint density at radius 1 is 0.838 bits per heavy atom. The summed E-state index contributed by atoms with van der Waals surface area (Å²) in [4.78, 5) is 14.2.